The van der Waals surface area contributed by atoms with Gasteiger partial charge in [0.1, 0.15) is 17.2 Å². The Morgan fingerprint density at radius 2 is 0.690 bits per heavy atom. The number of hydrogen-bond acceptors (Lipinski definition) is 12. The van der Waals surface area contributed by atoms with E-state index in [1.807, 2.05) is 39.0 Å². The molecule has 0 spiro atoms. The normalized spacial score (nSPS) is 15.9. The molecule has 0 amide bonds. The minimum Gasteiger partial charge on any atom is -0.507 e. The van der Waals surface area contributed by atoms with E-state index in [1.165, 1.54) is 0 Å². The van der Waals surface area contributed by atoms with Crippen LogP contribution in [0.2, 0.25) is 0 Å². The zero-order chi connectivity index (χ0) is 42.8. The van der Waals surface area contributed by atoms with Crippen LogP contribution in [0.5, 0.6) is 17.2 Å². The molecule has 58 heavy (non-hydrogen) atoms. The van der Waals surface area contributed by atoms with E-state index in [0.717, 1.165) is 23.1 Å². The maximum absolute atomic E-state index is 11.4. The summed E-state index contributed by atoms with van der Waals surface area (Å²) in [5.74, 6) is 0.124. The van der Waals surface area contributed by atoms with Gasteiger partial charge in [-0.15, -0.1) is 0 Å². The number of rotatable bonds is 18. The molecule has 4 rings (SSSR count). The number of hydrogen-bond donors (Lipinski definition) is 12. The van der Waals surface area contributed by atoms with Gasteiger partial charge >= 0.3 is 22.8 Å². The molecule has 1 heterocycles. The van der Waals surface area contributed by atoms with Gasteiger partial charge in [-0.3, -0.25) is 28.4 Å². The second-order valence-corrected chi connectivity index (χ2v) is 20.2. The van der Waals surface area contributed by atoms with E-state index in [9.17, 15) is 58.4 Å². The Labute approximate surface area is 339 Å². The van der Waals surface area contributed by atoms with Gasteiger partial charge < -0.3 is 60.6 Å². The summed E-state index contributed by atoms with van der Waals surface area (Å²) < 4.78 is 34.2. The molecule has 1 aliphatic heterocycles. The lowest BCUT2D eigenvalue weighted by molar-refractivity contribution is 0.137. The Morgan fingerprint density at radius 3 is 0.948 bits per heavy atom. The van der Waals surface area contributed by atoms with Crippen LogP contribution in [-0.4, -0.2) is 118 Å². The first-order valence-corrected chi connectivity index (χ1v) is 24.3. The predicted molar refractivity (Wildman–Crippen MR) is 220 cm³/mol. The SMILES string of the molecule is Cc1cc(CNCP(=O)(O)O)c(O)c(CN2CCCN(Cc3cc(C)cc(CNCP(=O)(O)O)c3O)CCN(Cc3cc(C)cc(CNCP(=O)(O)O)c3O)CC2)c1. The molecule has 1 saturated heterocycles. The zero-order valence-electron chi connectivity index (χ0n) is 33.2. The molecule has 1 fully saturated rings. The molecule has 324 valence electrons. The first-order valence-electron chi connectivity index (χ1n) is 18.9. The number of nitrogens with zero attached hydrogens (tertiary/aromatic N) is 3. The predicted octanol–water partition coefficient (Wildman–Crippen LogP) is 2.61. The number of aryl methyl sites for hydroxylation is 3. The molecule has 1 aliphatic rings. The fourth-order valence-corrected chi connectivity index (χ4v) is 8.40. The van der Waals surface area contributed by atoms with Crippen molar-refractivity contribution in [2.75, 3.05) is 58.1 Å². The van der Waals surface area contributed by atoms with Crippen molar-refractivity contribution in [1.29, 1.82) is 0 Å². The van der Waals surface area contributed by atoms with E-state index in [4.69, 9.17) is 0 Å². The summed E-state index contributed by atoms with van der Waals surface area (Å²) in [6.45, 7) is 10.6. The van der Waals surface area contributed by atoms with Gasteiger partial charge in [0.15, 0.2) is 0 Å². The van der Waals surface area contributed by atoms with Gasteiger partial charge in [0, 0.05) is 98.8 Å². The molecule has 0 atom stereocenters. The number of phenols is 3. The zero-order valence-corrected chi connectivity index (χ0v) is 35.9. The van der Waals surface area contributed by atoms with Crippen molar-refractivity contribution in [3.8, 4) is 17.2 Å². The summed E-state index contributed by atoms with van der Waals surface area (Å²) >= 11 is 0. The minimum atomic E-state index is -4.30. The van der Waals surface area contributed by atoms with Crippen molar-refractivity contribution in [2.24, 2.45) is 0 Å². The summed E-state index contributed by atoms with van der Waals surface area (Å²) in [6, 6.07) is 11.0. The third-order valence-corrected chi connectivity index (χ3v) is 11.6. The van der Waals surface area contributed by atoms with Gasteiger partial charge in [-0.1, -0.05) is 53.1 Å². The molecule has 3 aromatic carbocycles. The number of aromatic hydroxyl groups is 3. The van der Waals surface area contributed by atoms with E-state index >= 15 is 0 Å². The Hall–Kier alpha value is -2.73. The Morgan fingerprint density at radius 1 is 0.448 bits per heavy atom. The second kappa shape index (κ2) is 21.2. The first kappa shape index (κ1) is 47.9. The summed E-state index contributed by atoms with van der Waals surface area (Å²) in [7, 11) is -12.9. The van der Waals surface area contributed by atoms with Crippen molar-refractivity contribution in [3.63, 3.8) is 0 Å². The Bertz CT molecular complexity index is 1910. The number of benzene rings is 3. The van der Waals surface area contributed by atoms with Gasteiger partial charge in [0.2, 0.25) is 0 Å². The van der Waals surface area contributed by atoms with Crippen LogP contribution in [-0.2, 0) is 53.0 Å². The average molecular weight is 873 g/mol. The third-order valence-electron chi connectivity index (χ3n) is 9.73. The Balaban J connectivity index is 1.60. The topological polar surface area (TPSA) is 279 Å². The minimum absolute atomic E-state index is 0.0313. The van der Waals surface area contributed by atoms with Crippen LogP contribution in [0.25, 0.3) is 0 Å². The molecule has 0 radical (unpaired) electrons. The van der Waals surface area contributed by atoms with E-state index in [0.29, 0.717) is 92.3 Å². The van der Waals surface area contributed by atoms with Gasteiger partial charge in [0.25, 0.3) is 0 Å². The lowest BCUT2D eigenvalue weighted by atomic mass is 10.0. The standard InChI is InChI=1S/C37H59N6O12P3/c1-26-11-29(17-38-23-56(47,48)49)35(44)32(14-26)20-41-5-4-6-42(21-33-15-27(2)12-30(36(33)45)18-39-24-57(50,51)52)8-10-43(9-7-41)22-34-16-28(3)13-31(37(34)46)19-40-25-58(53,54)55/h11-16,38-40,44-46H,4-10,17-25H2,1-3H3,(H2,47,48,49)(H2,50,51,52)(H2,53,54,55). The molecular formula is C37H59N6O12P3. The molecule has 0 aliphatic carbocycles. The van der Waals surface area contributed by atoms with Crippen LogP contribution in [0.3, 0.4) is 0 Å². The summed E-state index contributed by atoms with van der Waals surface area (Å²) in [5, 5.41) is 42.1. The fourth-order valence-electron chi connectivity index (χ4n) is 7.19. The van der Waals surface area contributed by atoms with Crippen LogP contribution < -0.4 is 16.0 Å². The van der Waals surface area contributed by atoms with Crippen molar-refractivity contribution < 1.29 is 58.4 Å². The highest BCUT2D eigenvalue weighted by Gasteiger charge is 2.22. The van der Waals surface area contributed by atoms with Crippen molar-refractivity contribution in [2.45, 2.75) is 66.5 Å². The summed E-state index contributed by atoms with van der Waals surface area (Å²) in [6.07, 6.45) is -0.829. The van der Waals surface area contributed by atoms with Gasteiger partial charge in [0.05, 0.1) is 18.9 Å². The molecule has 0 bridgehead atoms. The first-order chi connectivity index (χ1) is 27.0. The van der Waals surface area contributed by atoms with Crippen LogP contribution in [0.4, 0.5) is 0 Å². The highest BCUT2D eigenvalue weighted by molar-refractivity contribution is 7.52. The van der Waals surface area contributed by atoms with Crippen molar-refractivity contribution in [3.05, 3.63) is 86.5 Å². The number of nitrogens with one attached hydrogen (secondary N) is 3. The smallest absolute Gasteiger partial charge is 0.339 e. The van der Waals surface area contributed by atoms with E-state index in [-0.39, 0.29) is 36.9 Å². The summed E-state index contributed by atoms with van der Waals surface area (Å²) in [5.41, 5.74) is 6.16. The largest absolute Gasteiger partial charge is 0.507 e. The van der Waals surface area contributed by atoms with Gasteiger partial charge in [-0.05, 0) is 40.3 Å². The third kappa shape index (κ3) is 16.4. The van der Waals surface area contributed by atoms with Crippen LogP contribution in [0.15, 0.2) is 36.4 Å². The lowest BCUT2D eigenvalue weighted by Gasteiger charge is -2.33. The quantitative estimate of drug-likeness (QED) is 0.0819. The van der Waals surface area contributed by atoms with Gasteiger partial charge in [-0.2, -0.15) is 0 Å². The Kier molecular flexibility index (Phi) is 17.5. The highest BCUT2D eigenvalue weighted by atomic mass is 31.2. The lowest BCUT2D eigenvalue weighted by Crippen LogP contribution is -2.42. The molecule has 21 heteroatoms. The average Bonchev–Trinajstić information content (AvgIpc) is 3.09. The molecule has 3 aromatic rings. The molecule has 0 saturated carbocycles. The van der Waals surface area contributed by atoms with Crippen LogP contribution >= 0.6 is 22.8 Å². The van der Waals surface area contributed by atoms with E-state index in [1.54, 1.807) is 18.2 Å². The molecule has 12 N–H and O–H groups in total. The molecule has 0 aromatic heterocycles. The van der Waals surface area contributed by atoms with Crippen LogP contribution in [0.1, 0.15) is 56.5 Å². The molecule has 18 nitrogen and oxygen atoms in total. The fraction of sp³-hybridized carbons (Fsp3) is 0.514. The maximum Gasteiger partial charge on any atom is 0.339 e. The maximum atomic E-state index is 11.4. The van der Waals surface area contributed by atoms with Crippen LogP contribution in [0, 0.1) is 20.8 Å². The van der Waals surface area contributed by atoms with Crippen molar-refractivity contribution in [1.82, 2.24) is 30.7 Å². The monoisotopic (exact) mass is 872 g/mol. The molecular weight excluding hydrogens is 813 g/mol. The second-order valence-electron chi connectivity index (χ2n) is 15.2. The summed E-state index contributed by atoms with van der Waals surface area (Å²) in [4.78, 5) is 62.4. The van der Waals surface area contributed by atoms with E-state index < -0.39 is 41.6 Å². The van der Waals surface area contributed by atoms with Crippen molar-refractivity contribution >= 4 is 22.8 Å². The highest BCUT2D eigenvalue weighted by Crippen LogP contribution is 2.35. The van der Waals surface area contributed by atoms with E-state index in [2.05, 4.69) is 30.7 Å². The number of phenolic OH excluding ortho intramolecular Hbond substituents is 3. The molecule has 0 unspecified atom stereocenters. The van der Waals surface area contributed by atoms with Gasteiger partial charge in [-0.25, -0.2) is 0 Å².